The van der Waals surface area contributed by atoms with Crippen LogP contribution in [-0.4, -0.2) is 64.7 Å². The maximum Gasteiger partial charge on any atom is 0.326 e. The minimum absolute atomic E-state index is 0.165. The van der Waals surface area contributed by atoms with E-state index in [-0.39, 0.29) is 18.5 Å². The highest BCUT2D eigenvalue weighted by atomic mass is 16.4. The van der Waals surface area contributed by atoms with Gasteiger partial charge in [0, 0.05) is 13.1 Å². The first-order valence-corrected chi connectivity index (χ1v) is 6.05. The predicted octanol–water partition coefficient (Wildman–Crippen LogP) is -1.17. The number of aliphatic carboxylic acids is 2. The second kappa shape index (κ2) is 6.73. The van der Waals surface area contributed by atoms with Gasteiger partial charge in [0.25, 0.3) is 0 Å². The summed E-state index contributed by atoms with van der Waals surface area (Å²) in [6.45, 7) is -0.220. The van der Waals surface area contributed by atoms with E-state index in [9.17, 15) is 19.2 Å². The summed E-state index contributed by atoms with van der Waals surface area (Å²) in [6, 6.07) is -2.18. The van der Waals surface area contributed by atoms with Crippen molar-refractivity contribution in [3.8, 4) is 0 Å². The molecule has 112 valence electrons. The molecule has 0 aromatic carbocycles. The zero-order chi connectivity index (χ0) is 15.3. The highest BCUT2D eigenvalue weighted by molar-refractivity contribution is 5.88. The summed E-state index contributed by atoms with van der Waals surface area (Å²) in [7, 11) is 1.32. The van der Waals surface area contributed by atoms with E-state index in [1.54, 1.807) is 0 Å². The van der Waals surface area contributed by atoms with Crippen LogP contribution < -0.4 is 10.6 Å². The van der Waals surface area contributed by atoms with Gasteiger partial charge in [-0.25, -0.2) is 9.59 Å². The third-order valence-electron chi connectivity index (χ3n) is 2.64. The number of carboxylic acid groups (broad SMARTS) is 2. The third-order valence-corrected chi connectivity index (χ3v) is 2.64. The van der Waals surface area contributed by atoms with E-state index >= 15 is 0 Å². The summed E-state index contributed by atoms with van der Waals surface area (Å²) in [6.07, 6.45) is 1.10. The van der Waals surface area contributed by atoms with Crippen molar-refractivity contribution in [3.05, 3.63) is 0 Å². The molecule has 0 radical (unpaired) electrons. The van der Waals surface area contributed by atoms with Gasteiger partial charge in [-0.15, -0.1) is 0 Å². The Hall–Kier alpha value is -2.32. The number of carbonyl (C=O) groups excluding carboxylic acids is 2. The molecule has 0 saturated heterocycles. The number of urea groups is 1. The molecular weight excluding hydrogens is 270 g/mol. The Morgan fingerprint density at radius 3 is 2.30 bits per heavy atom. The number of nitrogens with one attached hydrogen (secondary N) is 2. The lowest BCUT2D eigenvalue weighted by molar-refractivity contribution is -0.145. The molecule has 0 aromatic rings. The van der Waals surface area contributed by atoms with Crippen molar-refractivity contribution in [2.24, 2.45) is 0 Å². The minimum Gasteiger partial charge on any atom is -0.481 e. The molecule has 0 bridgehead atoms. The first kappa shape index (κ1) is 15.7. The molecule has 1 fully saturated rings. The molecule has 0 heterocycles. The first-order valence-electron chi connectivity index (χ1n) is 6.05. The lowest BCUT2D eigenvalue weighted by Crippen LogP contribution is -2.49. The van der Waals surface area contributed by atoms with Crippen molar-refractivity contribution in [3.63, 3.8) is 0 Å². The van der Waals surface area contributed by atoms with Gasteiger partial charge in [0.2, 0.25) is 5.91 Å². The van der Waals surface area contributed by atoms with Gasteiger partial charge in [-0.1, -0.05) is 0 Å². The molecule has 3 amide bonds. The first-order chi connectivity index (χ1) is 9.29. The van der Waals surface area contributed by atoms with E-state index in [2.05, 4.69) is 5.32 Å². The standard InChI is InChI=1S/C11H17N3O6/c1-14(5-8(15)12-6-2-3-6)11(20)13-7(10(18)19)4-9(16)17/h6-7H,2-5H2,1H3,(H,12,15)(H,13,20)(H,16,17)(H,18,19). The second-order valence-electron chi connectivity index (χ2n) is 4.64. The largest absolute Gasteiger partial charge is 0.481 e. The molecule has 1 aliphatic rings. The number of hydrogen-bond donors (Lipinski definition) is 4. The van der Waals surface area contributed by atoms with Crippen molar-refractivity contribution >= 4 is 23.9 Å². The summed E-state index contributed by atoms with van der Waals surface area (Å²) >= 11 is 0. The molecule has 9 heteroatoms. The Morgan fingerprint density at radius 1 is 1.25 bits per heavy atom. The van der Waals surface area contributed by atoms with E-state index < -0.39 is 30.4 Å². The van der Waals surface area contributed by atoms with Crippen LogP contribution in [0.3, 0.4) is 0 Å². The minimum atomic E-state index is -1.53. The van der Waals surface area contributed by atoms with E-state index in [1.807, 2.05) is 5.32 Å². The molecule has 1 atom stereocenters. The van der Waals surface area contributed by atoms with Crippen LogP contribution >= 0.6 is 0 Å². The monoisotopic (exact) mass is 287 g/mol. The molecule has 0 aromatic heterocycles. The Kier molecular flexibility index (Phi) is 5.30. The molecule has 20 heavy (non-hydrogen) atoms. The summed E-state index contributed by atoms with van der Waals surface area (Å²) < 4.78 is 0. The molecule has 0 aliphatic heterocycles. The van der Waals surface area contributed by atoms with Crippen LogP contribution in [0, 0.1) is 0 Å². The summed E-state index contributed by atoms with van der Waals surface area (Å²) in [5, 5.41) is 22.1. The number of nitrogens with zero attached hydrogens (tertiary/aromatic N) is 1. The van der Waals surface area contributed by atoms with E-state index in [0.29, 0.717) is 0 Å². The van der Waals surface area contributed by atoms with Crippen LogP contribution in [0.25, 0.3) is 0 Å². The highest BCUT2D eigenvalue weighted by Gasteiger charge is 2.27. The van der Waals surface area contributed by atoms with Gasteiger partial charge in [-0.2, -0.15) is 0 Å². The lowest BCUT2D eigenvalue weighted by Gasteiger charge is -2.20. The number of likely N-dealkylation sites (N-methyl/N-ethyl adjacent to an activating group) is 1. The Balaban J connectivity index is 2.43. The zero-order valence-corrected chi connectivity index (χ0v) is 11.0. The quantitative estimate of drug-likeness (QED) is 0.466. The van der Waals surface area contributed by atoms with Crippen LogP contribution in [0.15, 0.2) is 0 Å². The molecule has 1 saturated carbocycles. The molecular formula is C11H17N3O6. The van der Waals surface area contributed by atoms with Gasteiger partial charge in [0.15, 0.2) is 0 Å². The van der Waals surface area contributed by atoms with E-state index in [1.165, 1.54) is 7.05 Å². The normalized spacial score (nSPS) is 15.1. The van der Waals surface area contributed by atoms with Gasteiger partial charge in [0.05, 0.1) is 6.42 Å². The van der Waals surface area contributed by atoms with Crippen molar-refractivity contribution in [1.29, 1.82) is 0 Å². The Morgan fingerprint density at radius 2 is 1.85 bits per heavy atom. The predicted molar refractivity (Wildman–Crippen MR) is 66.0 cm³/mol. The average Bonchev–Trinajstić information content (AvgIpc) is 3.10. The van der Waals surface area contributed by atoms with Crippen molar-refractivity contribution in [2.45, 2.75) is 31.3 Å². The van der Waals surface area contributed by atoms with Crippen LogP contribution in [0.1, 0.15) is 19.3 Å². The fourth-order valence-corrected chi connectivity index (χ4v) is 1.42. The SMILES string of the molecule is CN(CC(=O)NC1CC1)C(=O)NC(CC(=O)O)C(=O)O. The van der Waals surface area contributed by atoms with Crippen molar-refractivity contribution in [1.82, 2.24) is 15.5 Å². The summed E-state index contributed by atoms with van der Waals surface area (Å²) in [4.78, 5) is 45.4. The van der Waals surface area contributed by atoms with Crippen LogP contribution in [0.2, 0.25) is 0 Å². The topological polar surface area (TPSA) is 136 Å². The van der Waals surface area contributed by atoms with Gasteiger partial charge >= 0.3 is 18.0 Å². The molecule has 0 spiro atoms. The average molecular weight is 287 g/mol. The zero-order valence-electron chi connectivity index (χ0n) is 11.0. The van der Waals surface area contributed by atoms with E-state index in [4.69, 9.17) is 10.2 Å². The Bertz CT molecular complexity index is 420. The molecule has 9 nitrogen and oxygen atoms in total. The van der Waals surface area contributed by atoms with Crippen molar-refractivity contribution < 1.29 is 29.4 Å². The lowest BCUT2D eigenvalue weighted by atomic mass is 10.2. The van der Waals surface area contributed by atoms with Gasteiger partial charge < -0.3 is 25.7 Å². The number of carbonyl (C=O) groups is 4. The molecule has 1 aliphatic carbocycles. The van der Waals surface area contributed by atoms with Crippen LogP contribution in [0.4, 0.5) is 4.79 Å². The van der Waals surface area contributed by atoms with Crippen LogP contribution in [0.5, 0.6) is 0 Å². The van der Waals surface area contributed by atoms with Gasteiger partial charge in [-0.05, 0) is 12.8 Å². The van der Waals surface area contributed by atoms with Crippen molar-refractivity contribution in [2.75, 3.05) is 13.6 Å². The number of hydrogen-bond acceptors (Lipinski definition) is 4. The van der Waals surface area contributed by atoms with E-state index in [0.717, 1.165) is 17.7 Å². The smallest absolute Gasteiger partial charge is 0.326 e. The molecule has 1 rings (SSSR count). The molecule has 1 unspecified atom stereocenters. The number of amides is 3. The summed E-state index contributed by atoms with van der Waals surface area (Å²) in [5.41, 5.74) is 0. The third kappa shape index (κ3) is 5.55. The fraction of sp³-hybridized carbons (Fsp3) is 0.636. The van der Waals surface area contributed by atoms with Gasteiger partial charge in [-0.3, -0.25) is 9.59 Å². The number of rotatable bonds is 7. The Labute approximate surface area is 114 Å². The highest BCUT2D eigenvalue weighted by Crippen LogP contribution is 2.18. The maximum absolute atomic E-state index is 11.7. The fourth-order valence-electron chi connectivity index (χ4n) is 1.42. The summed E-state index contributed by atoms with van der Waals surface area (Å²) in [5.74, 6) is -3.13. The molecule has 4 N–H and O–H groups in total. The van der Waals surface area contributed by atoms with Crippen LogP contribution in [-0.2, 0) is 14.4 Å². The van der Waals surface area contributed by atoms with Gasteiger partial charge in [0.1, 0.15) is 12.6 Å². The number of carboxylic acids is 2. The maximum atomic E-state index is 11.7. The second-order valence-corrected chi connectivity index (χ2v) is 4.64.